The van der Waals surface area contributed by atoms with Gasteiger partial charge >= 0.3 is 5.97 Å². The van der Waals surface area contributed by atoms with Gasteiger partial charge in [0.15, 0.2) is 0 Å². The molecule has 0 amide bonds. The fourth-order valence-electron chi connectivity index (χ4n) is 3.82. The van der Waals surface area contributed by atoms with Gasteiger partial charge < -0.3 is 4.74 Å². The fraction of sp³-hybridized carbons (Fsp3) is 0.786. The summed E-state index contributed by atoms with van der Waals surface area (Å²) < 4.78 is 5.34. The molecule has 2 heteroatoms. The highest BCUT2D eigenvalue weighted by Gasteiger charge is 2.57. The molecule has 0 spiro atoms. The van der Waals surface area contributed by atoms with Crippen LogP contribution in [0.5, 0.6) is 0 Å². The Morgan fingerprint density at radius 2 is 2.12 bits per heavy atom. The molecule has 0 aromatic rings. The van der Waals surface area contributed by atoms with Gasteiger partial charge in [0.25, 0.3) is 0 Å². The lowest BCUT2D eigenvalue weighted by molar-refractivity contribution is -0.158. The van der Waals surface area contributed by atoms with Crippen molar-refractivity contribution in [3.63, 3.8) is 0 Å². The third-order valence-corrected chi connectivity index (χ3v) is 4.72. The number of fused-ring (bicyclic) bond motifs is 5. The molecule has 2 bridgehead atoms. The number of carbonyl (C=O) groups excluding carboxylic acids is 1. The molecule has 0 N–H and O–H groups in total. The van der Waals surface area contributed by atoms with Crippen molar-refractivity contribution in [2.45, 2.75) is 32.6 Å². The Morgan fingerprint density at radius 1 is 1.31 bits per heavy atom. The molecule has 2 saturated carbocycles. The summed E-state index contributed by atoms with van der Waals surface area (Å²) in [7, 11) is 0. The predicted octanol–water partition coefficient (Wildman–Crippen LogP) is 2.79. The quantitative estimate of drug-likeness (QED) is 0.414. The molecule has 5 unspecified atom stereocenters. The summed E-state index contributed by atoms with van der Waals surface area (Å²) in [6.45, 7) is 2.74. The molecule has 88 valence electrons. The van der Waals surface area contributed by atoms with Gasteiger partial charge in [0, 0.05) is 0 Å². The van der Waals surface area contributed by atoms with Crippen molar-refractivity contribution in [2.75, 3.05) is 6.61 Å². The average Bonchev–Trinajstić information content (AvgIpc) is 2.74. The van der Waals surface area contributed by atoms with Gasteiger partial charge in [0.2, 0.25) is 0 Å². The molecule has 3 aliphatic carbocycles. The summed E-state index contributed by atoms with van der Waals surface area (Å²) in [5, 5.41) is 0. The van der Waals surface area contributed by atoms with Crippen LogP contribution < -0.4 is 0 Å². The van der Waals surface area contributed by atoms with E-state index in [1.807, 2.05) is 0 Å². The Hall–Kier alpha value is -0.790. The van der Waals surface area contributed by atoms with Gasteiger partial charge in [-0.15, -0.1) is 0 Å². The lowest BCUT2D eigenvalue weighted by atomic mass is 9.60. The van der Waals surface area contributed by atoms with Gasteiger partial charge in [-0.1, -0.05) is 25.5 Å². The lowest BCUT2D eigenvalue weighted by Gasteiger charge is -2.44. The zero-order chi connectivity index (χ0) is 11.1. The molecule has 5 atom stereocenters. The molecule has 2 fully saturated rings. The number of esters is 1. The van der Waals surface area contributed by atoms with Crippen LogP contribution in [0.3, 0.4) is 0 Å². The molecule has 16 heavy (non-hydrogen) atoms. The van der Waals surface area contributed by atoms with Gasteiger partial charge in [-0.25, -0.2) is 0 Å². The second kappa shape index (κ2) is 3.90. The minimum Gasteiger partial charge on any atom is -0.465 e. The highest BCUT2D eigenvalue weighted by molar-refractivity contribution is 5.74. The minimum atomic E-state index is 0.0793. The molecule has 0 heterocycles. The standard InChI is InChI=1S/C14H20O2/c1-2-3-6-16-14(15)12-8-11-9-4-5-10(7-9)13(11)12/h4-5,9-13H,2-3,6-8H2,1H3. The van der Waals surface area contributed by atoms with Crippen molar-refractivity contribution in [3.05, 3.63) is 12.2 Å². The minimum absolute atomic E-state index is 0.0793. The Morgan fingerprint density at radius 3 is 2.88 bits per heavy atom. The van der Waals surface area contributed by atoms with Crippen LogP contribution in [0.15, 0.2) is 12.2 Å². The first-order chi connectivity index (χ1) is 7.81. The van der Waals surface area contributed by atoms with Crippen LogP contribution in [-0.4, -0.2) is 12.6 Å². The van der Waals surface area contributed by atoms with E-state index in [0.29, 0.717) is 18.4 Å². The monoisotopic (exact) mass is 220 g/mol. The number of hydrogen-bond acceptors (Lipinski definition) is 2. The van der Waals surface area contributed by atoms with Crippen molar-refractivity contribution in [1.82, 2.24) is 0 Å². The normalized spacial score (nSPS) is 42.9. The maximum atomic E-state index is 11.9. The zero-order valence-corrected chi connectivity index (χ0v) is 9.89. The van der Waals surface area contributed by atoms with E-state index in [4.69, 9.17) is 4.74 Å². The predicted molar refractivity (Wildman–Crippen MR) is 61.7 cm³/mol. The fourth-order valence-corrected chi connectivity index (χ4v) is 3.82. The van der Waals surface area contributed by atoms with E-state index in [0.717, 1.165) is 31.1 Å². The maximum absolute atomic E-state index is 11.9. The van der Waals surface area contributed by atoms with Crippen molar-refractivity contribution in [1.29, 1.82) is 0 Å². The number of hydrogen-bond donors (Lipinski definition) is 0. The molecule has 2 nitrogen and oxygen atoms in total. The molecule has 0 aliphatic heterocycles. The van der Waals surface area contributed by atoms with Crippen LogP contribution in [0.2, 0.25) is 0 Å². The molecular formula is C14H20O2. The second-order valence-corrected chi connectivity index (χ2v) is 5.55. The van der Waals surface area contributed by atoms with Gasteiger partial charge in [-0.2, -0.15) is 0 Å². The summed E-state index contributed by atoms with van der Waals surface area (Å²) in [5.74, 6) is 3.21. The molecule has 0 aromatic carbocycles. The first-order valence-electron chi connectivity index (χ1n) is 6.66. The van der Waals surface area contributed by atoms with E-state index in [-0.39, 0.29) is 11.9 Å². The molecule has 0 aromatic heterocycles. The molecule has 0 saturated heterocycles. The summed E-state index contributed by atoms with van der Waals surface area (Å²) in [4.78, 5) is 11.9. The molecule has 3 aliphatic rings. The van der Waals surface area contributed by atoms with Crippen molar-refractivity contribution in [3.8, 4) is 0 Å². The smallest absolute Gasteiger partial charge is 0.309 e. The number of allylic oxidation sites excluding steroid dienone is 2. The van der Waals surface area contributed by atoms with E-state index in [1.54, 1.807) is 0 Å². The third-order valence-electron chi connectivity index (χ3n) is 4.72. The van der Waals surface area contributed by atoms with Crippen LogP contribution in [0, 0.1) is 29.6 Å². The van der Waals surface area contributed by atoms with Gasteiger partial charge in [0.05, 0.1) is 12.5 Å². The SMILES string of the molecule is CCCCOC(=O)C1CC2C3C=CC(C3)C12. The number of ether oxygens (including phenoxy) is 1. The highest BCUT2D eigenvalue weighted by atomic mass is 16.5. The van der Waals surface area contributed by atoms with Crippen molar-refractivity contribution in [2.24, 2.45) is 29.6 Å². The summed E-state index contributed by atoms with van der Waals surface area (Å²) in [6, 6.07) is 0. The highest BCUT2D eigenvalue weighted by Crippen LogP contribution is 2.61. The first-order valence-corrected chi connectivity index (χ1v) is 6.66. The van der Waals surface area contributed by atoms with Gasteiger partial charge in [0.1, 0.15) is 0 Å². The maximum Gasteiger partial charge on any atom is 0.309 e. The lowest BCUT2D eigenvalue weighted by Crippen LogP contribution is -2.44. The van der Waals surface area contributed by atoms with E-state index < -0.39 is 0 Å². The number of rotatable bonds is 4. The average molecular weight is 220 g/mol. The van der Waals surface area contributed by atoms with Crippen LogP contribution in [0.1, 0.15) is 32.6 Å². The molecule has 0 radical (unpaired) electrons. The van der Waals surface area contributed by atoms with Crippen LogP contribution in [0.25, 0.3) is 0 Å². The van der Waals surface area contributed by atoms with E-state index in [9.17, 15) is 4.79 Å². The second-order valence-electron chi connectivity index (χ2n) is 5.55. The largest absolute Gasteiger partial charge is 0.465 e. The number of carbonyl (C=O) groups is 1. The van der Waals surface area contributed by atoms with E-state index in [1.165, 1.54) is 6.42 Å². The Kier molecular flexibility index (Phi) is 2.53. The van der Waals surface area contributed by atoms with Crippen molar-refractivity contribution >= 4 is 5.97 Å². The Labute approximate surface area is 97.1 Å². The van der Waals surface area contributed by atoms with Crippen LogP contribution in [0.4, 0.5) is 0 Å². The topological polar surface area (TPSA) is 26.3 Å². The van der Waals surface area contributed by atoms with E-state index >= 15 is 0 Å². The van der Waals surface area contributed by atoms with Gasteiger partial charge in [-0.3, -0.25) is 4.79 Å². The summed E-state index contributed by atoms with van der Waals surface area (Å²) in [5.41, 5.74) is 0. The van der Waals surface area contributed by atoms with Crippen LogP contribution in [-0.2, 0) is 9.53 Å². The van der Waals surface area contributed by atoms with Gasteiger partial charge in [-0.05, 0) is 42.9 Å². The van der Waals surface area contributed by atoms with Crippen LogP contribution >= 0.6 is 0 Å². The Bertz CT molecular complexity index is 321. The summed E-state index contributed by atoms with van der Waals surface area (Å²) in [6.07, 6.45) is 9.17. The molecule has 3 rings (SSSR count). The summed E-state index contributed by atoms with van der Waals surface area (Å²) >= 11 is 0. The zero-order valence-electron chi connectivity index (χ0n) is 9.89. The Balaban J connectivity index is 1.54. The molecular weight excluding hydrogens is 200 g/mol. The van der Waals surface area contributed by atoms with Crippen molar-refractivity contribution < 1.29 is 9.53 Å². The van der Waals surface area contributed by atoms with E-state index in [2.05, 4.69) is 19.1 Å². The number of unbranched alkanes of at least 4 members (excludes halogenated alkanes) is 1. The third kappa shape index (κ3) is 1.42. The first kappa shape index (κ1) is 10.4.